The molecular formula is C10H13NO2. The Kier molecular flexibility index (Phi) is 3.01. The number of aromatic carboxylic acids is 1. The summed E-state index contributed by atoms with van der Waals surface area (Å²) in [4.78, 5) is 14.7. The van der Waals surface area contributed by atoms with Crippen LogP contribution in [-0.2, 0) is 12.8 Å². The van der Waals surface area contributed by atoms with Crippen molar-refractivity contribution in [3.63, 3.8) is 0 Å². The van der Waals surface area contributed by atoms with Gasteiger partial charge in [-0.15, -0.1) is 0 Å². The van der Waals surface area contributed by atoms with E-state index in [2.05, 4.69) is 4.98 Å². The maximum absolute atomic E-state index is 10.8. The van der Waals surface area contributed by atoms with Crippen LogP contribution in [0.4, 0.5) is 0 Å². The number of nitrogens with zero attached hydrogens (tertiary/aromatic N) is 1. The number of carbonyl (C=O) groups is 1. The van der Waals surface area contributed by atoms with Gasteiger partial charge in [-0.1, -0.05) is 13.8 Å². The highest BCUT2D eigenvalue weighted by molar-refractivity contribution is 5.89. The molecule has 1 aromatic rings. The zero-order chi connectivity index (χ0) is 9.84. The molecule has 3 nitrogen and oxygen atoms in total. The molecule has 0 saturated heterocycles. The maximum Gasteiger partial charge on any atom is 0.337 e. The fourth-order valence-electron chi connectivity index (χ4n) is 1.44. The number of pyridine rings is 1. The summed E-state index contributed by atoms with van der Waals surface area (Å²) >= 11 is 0. The third-order valence-electron chi connectivity index (χ3n) is 2.11. The van der Waals surface area contributed by atoms with Crippen LogP contribution >= 0.6 is 0 Å². The van der Waals surface area contributed by atoms with Gasteiger partial charge >= 0.3 is 5.97 Å². The number of aryl methyl sites for hydroxylation is 1. The molecule has 0 aromatic carbocycles. The smallest absolute Gasteiger partial charge is 0.337 e. The topological polar surface area (TPSA) is 50.2 Å². The van der Waals surface area contributed by atoms with Gasteiger partial charge in [0.1, 0.15) is 0 Å². The van der Waals surface area contributed by atoms with E-state index in [1.54, 1.807) is 6.20 Å². The standard InChI is InChI=1S/C10H13NO2/c1-3-7-5-11-6-9(10(12)13)8(7)4-2/h5-6H,3-4H2,1-2H3,(H,12,13). The van der Waals surface area contributed by atoms with Gasteiger partial charge in [0.2, 0.25) is 0 Å². The van der Waals surface area contributed by atoms with Crippen LogP contribution in [0.15, 0.2) is 12.4 Å². The zero-order valence-electron chi connectivity index (χ0n) is 7.87. The molecule has 0 amide bonds. The van der Waals surface area contributed by atoms with Crippen molar-refractivity contribution in [2.45, 2.75) is 26.7 Å². The molecule has 0 unspecified atom stereocenters. The number of aromatic nitrogens is 1. The molecule has 70 valence electrons. The van der Waals surface area contributed by atoms with Gasteiger partial charge in [0.05, 0.1) is 5.56 Å². The molecule has 1 rings (SSSR count). The van der Waals surface area contributed by atoms with Crippen molar-refractivity contribution in [3.8, 4) is 0 Å². The minimum absolute atomic E-state index is 0.335. The predicted octanol–water partition coefficient (Wildman–Crippen LogP) is 1.90. The maximum atomic E-state index is 10.8. The lowest BCUT2D eigenvalue weighted by atomic mass is 10.0. The number of hydrogen-bond acceptors (Lipinski definition) is 2. The summed E-state index contributed by atoms with van der Waals surface area (Å²) in [6.07, 6.45) is 4.73. The Morgan fingerprint density at radius 3 is 2.54 bits per heavy atom. The molecule has 0 radical (unpaired) electrons. The number of rotatable bonds is 3. The summed E-state index contributed by atoms with van der Waals surface area (Å²) in [5.74, 6) is -0.889. The summed E-state index contributed by atoms with van der Waals surface area (Å²) in [5, 5.41) is 8.88. The second-order valence-electron chi connectivity index (χ2n) is 2.84. The fraction of sp³-hybridized carbons (Fsp3) is 0.400. The van der Waals surface area contributed by atoms with Crippen molar-refractivity contribution in [3.05, 3.63) is 29.1 Å². The van der Waals surface area contributed by atoms with Crippen LogP contribution in [0.1, 0.15) is 35.3 Å². The van der Waals surface area contributed by atoms with E-state index in [0.29, 0.717) is 5.56 Å². The molecule has 1 heterocycles. The largest absolute Gasteiger partial charge is 0.478 e. The van der Waals surface area contributed by atoms with Crippen molar-refractivity contribution >= 4 is 5.97 Å². The predicted molar refractivity (Wildman–Crippen MR) is 50.0 cm³/mol. The Balaban J connectivity index is 3.27. The number of hydrogen-bond donors (Lipinski definition) is 1. The van der Waals surface area contributed by atoms with E-state index in [0.717, 1.165) is 24.0 Å². The summed E-state index contributed by atoms with van der Waals surface area (Å²) < 4.78 is 0. The third kappa shape index (κ3) is 1.86. The Hall–Kier alpha value is -1.38. The second-order valence-corrected chi connectivity index (χ2v) is 2.84. The van der Waals surface area contributed by atoms with Gasteiger partial charge in [-0.25, -0.2) is 4.79 Å². The van der Waals surface area contributed by atoms with Crippen LogP contribution in [0.5, 0.6) is 0 Å². The van der Waals surface area contributed by atoms with Crippen LogP contribution in [-0.4, -0.2) is 16.1 Å². The van der Waals surface area contributed by atoms with Gasteiger partial charge in [0, 0.05) is 12.4 Å². The lowest BCUT2D eigenvalue weighted by Gasteiger charge is -2.07. The summed E-state index contributed by atoms with van der Waals surface area (Å²) in [5.41, 5.74) is 2.27. The Bertz CT molecular complexity index is 321. The molecule has 0 aliphatic carbocycles. The normalized spacial score (nSPS) is 10.0. The van der Waals surface area contributed by atoms with E-state index in [-0.39, 0.29) is 0 Å². The Labute approximate surface area is 77.4 Å². The van der Waals surface area contributed by atoms with Gasteiger partial charge in [0.25, 0.3) is 0 Å². The molecule has 0 bridgehead atoms. The van der Waals surface area contributed by atoms with Crippen molar-refractivity contribution < 1.29 is 9.90 Å². The summed E-state index contributed by atoms with van der Waals surface area (Å²) in [7, 11) is 0. The van der Waals surface area contributed by atoms with Gasteiger partial charge in [-0.2, -0.15) is 0 Å². The molecule has 0 fully saturated rings. The van der Waals surface area contributed by atoms with Crippen LogP contribution in [0, 0.1) is 0 Å². The molecule has 0 spiro atoms. The van der Waals surface area contributed by atoms with E-state index in [9.17, 15) is 4.79 Å². The van der Waals surface area contributed by atoms with Crippen molar-refractivity contribution in [1.29, 1.82) is 0 Å². The molecule has 0 aliphatic rings. The second kappa shape index (κ2) is 4.03. The summed E-state index contributed by atoms with van der Waals surface area (Å²) in [6, 6.07) is 0. The van der Waals surface area contributed by atoms with Crippen molar-refractivity contribution in [1.82, 2.24) is 4.98 Å². The minimum atomic E-state index is -0.889. The van der Waals surface area contributed by atoms with Gasteiger partial charge in [-0.3, -0.25) is 4.98 Å². The zero-order valence-corrected chi connectivity index (χ0v) is 7.87. The first-order valence-electron chi connectivity index (χ1n) is 4.39. The van der Waals surface area contributed by atoms with Crippen LogP contribution in [0.25, 0.3) is 0 Å². The molecule has 0 saturated carbocycles. The van der Waals surface area contributed by atoms with Crippen LogP contribution in [0.3, 0.4) is 0 Å². The highest BCUT2D eigenvalue weighted by atomic mass is 16.4. The SMILES string of the molecule is CCc1cncc(C(=O)O)c1CC. The lowest BCUT2D eigenvalue weighted by molar-refractivity contribution is 0.0695. The highest BCUT2D eigenvalue weighted by Crippen LogP contribution is 2.14. The molecule has 1 aromatic heterocycles. The van der Waals surface area contributed by atoms with E-state index < -0.39 is 5.97 Å². The van der Waals surface area contributed by atoms with E-state index in [1.165, 1.54) is 6.20 Å². The third-order valence-corrected chi connectivity index (χ3v) is 2.11. The van der Waals surface area contributed by atoms with Crippen LogP contribution < -0.4 is 0 Å². The van der Waals surface area contributed by atoms with E-state index in [1.807, 2.05) is 13.8 Å². The first-order valence-corrected chi connectivity index (χ1v) is 4.39. The van der Waals surface area contributed by atoms with Gasteiger partial charge in [0.15, 0.2) is 0 Å². The number of carboxylic acids is 1. The molecule has 1 N–H and O–H groups in total. The molecule has 0 atom stereocenters. The highest BCUT2D eigenvalue weighted by Gasteiger charge is 2.11. The van der Waals surface area contributed by atoms with E-state index in [4.69, 9.17) is 5.11 Å². The average Bonchev–Trinajstić information content (AvgIpc) is 2.16. The first-order chi connectivity index (χ1) is 6.20. The average molecular weight is 179 g/mol. The Morgan fingerprint density at radius 2 is 2.08 bits per heavy atom. The van der Waals surface area contributed by atoms with Gasteiger partial charge in [-0.05, 0) is 24.0 Å². The number of carboxylic acid groups (broad SMARTS) is 1. The Morgan fingerprint density at radius 1 is 1.38 bits per heavy atom. The molecule has 3 heteroatoms. The lowest BCUT2D eigenvalue weighted by Crippen LogP contribution is -2.05. The fourth-order valence-corrected chi connectivity index (χ4v) is 1.44. The van der Waals surface area contributed by atoms with E-state index >= 15 is 0 Å². The van der Waals surface area contributed by atoms with Crippen LogP contribution in [0.2, 0.25) is 0 Å². The minimum Gasteiger partial charge on any atom is -0.478 e. The molecular weight excluding hydrogens is 166 g/mol. The first kappa shape index (κ1) is 9.71. The quantitative estimate of drug-likeness (QED) is 0.771. The van der Waals surface area contributed by atoms with Crippen molar-refractivity contribution in [2.75, 3.05) is 0 Å². The monoisotopic (exact) mass is 179 g/mol. The molecule has 0 aliphatic heterocycles. The van der Waals surface area contributed by atoms with Crippen molar-refractivity contribution in [2.24, 2.45) is 0 Å². The summed E-state index contributed by atoms with van der Waals surface area (Å²) in [6.45, 7) is 3.96. The van der Waals surface area contributed by atoms with Gasteiger partial charge < -0.3 is 5.11 Å². The molecule has 13 heavy (non-hydrogen) atoms.